The van der Waals surface area contributed by atoms with Crippen LogP contribution < -0.4 is 0 Å². The number of aromatic nitrogens is 2. The molecular weight excluding hydrogens is 233 g/mol. The molecule has 0 aliphatic carbocycles. The number of fused-ring (bicyclic) bond motifs is 1. The lowest BCUT2D eigenvalue weighted by molar-refractivity contribution is -0.203. The lowest BCUT2D eigenvalue weighted by Crippen LogP contribution is -2.31. The number of hydrogen-bond acceptors (Lipinski definition) is 2. The van der Waals surface area contributed by atoms with Crippen LogP contribution in [0.15, 0.2) is 24.3 Å². The number of rotatable bonds is 2. The number of hydrogen-bond donors (Lipinski definition) is 1. The van der Waals surface area contributed by atoms with E-state index in [9.17, 15) is 13.2 Å². The summed E-state index contributed by atoms with van der Waals surface area (Å²) in [6.07, 6.45) is -7.52. The molecule has 0 amide bonds. The van der Waals surface area contributed by atoms with Crippen molar-refractivity contribution in [2.24, 2.45) is 7.05 Å². The molecule has 0 saturated heterocycles. The number of para-hydroxylation sites is 2. The first-order valence-corrected chi connectivity index (χ1v) is 5.04. The molecule has 0 radical (unpaired) electrons. The minimum absolute atomic E-state index is 0.219. The van der Waals surface area contributed by atoms with Gasteiger partial charge in [0.05, 0.1) is 11.0 Å². The Kier molecular flexibility index (Phi) is 2.82. The van der Waals surface area contributed by atoms with Crippen molar-refractivity contribution in [2.45, 2.75) is 18.7 Å². The summed E-state index contributed by atoms with van der Waals surface area (Å²) in [5.41, 5.74) is 1.37. The summed E-state index contributed by atoms with van der Waals surface area (Å²) in [4.78, 5) is 4.07. The summed E-state index contributed by atoms with van der Waals surface area (Å²) in [5, 5.41) is 9.01. The van der Waals surface area contributed by atoms with Crippen molar-refractivity contribution >= 4 is 11.0 Å². The van der Waals surface area contributed by atoms with Gasteiger partial charge < -0.3 is 9.67 Å². The van der Waals surface area contributed by atoms with E-state index in [1.807, 2.05) is 0 Å². The Morgan fingerprint density at radius 1 is 1.35 bits per heavy atom. The number of imidazole rings is 1. The summed E-state index contributed by atoms with van der Waals surface area (Å²) in [6.45, 7) is 0. The van der Waals surface area contributed by atoms with Crippen molar-refractivity contribution in [3.05, 3.63) is 30.1 Å². The molecule has 6 heteroatoms. The molecule has 1 atom stereocenters. The van der Waals surface area contributed by atoms with Gasteiger partial charge in [0.1, 0.15) is 5.82 Å². The highest BCUT2D eigenvalue weighted by Gasteiger charge is 2.38. The highest BCUT2D eigenvalue weighted by molar-refractivity contribution is 5.75. The maximum absolute atomic E-state index is 12.2. The fourth-order valence-corrected chi connectivity index (χ4v) is 1.67. The van der Waals surface area contributed by atoms with Crippen molar-refractivity contribution in [3.63, 3.8) is 0 Å². The lowest BCUT2D eigenvalue weighted by Gasteiger charge is -2.13. The second-order valence-corrected chi connectivity index (χ2v) is 3.84. The van der Waals surface area contributed by atoms with E-state index in [4.69, 9.17) is 5.11 Å². The zero-order chi connectivity index (χ0) is 12.6. The number of alkyl halides is 3. The van der Waals surface area contributed by atoms with Gasteiger partial charge in [0, 0.05) is 13.5 Å². The van der Waals surface area contributed by atoms with Crippen LogP contribution in [0.4, 0.5) is 13.2 Å². The molecule has 1 aromatic heterocycles. The zero-order valence-electron chi connectivity index (χ0n) is 9.07. The Labute approximate surface area is 95.5 Å². The topological polar surface area (TPSA) is 38.0 Å². The fourth-order valence-electron chi connectivity index (χ4n) is 1.67. The highest BCUT2D eigenvalue weighted by Crippen LogP contribution is 2.24. The third-order valence-electron chi connectivity index (χ3n) is 2.63. The van der Waals surface area contributed by atoms with Gasteiger partial charge in [-0.1, -0.05) is 12.1 Å². The van der Waals surface area contributed by atoms with E-state index >= 15 is 0 Å². The molecule has 0 saturated carbocycles. The van der Waals surface area contributed by atoms with Gasteiger partial charge in [-0.2, -0.15) is 13.2 Å². The smallest absolute Gasteiger partial charge is 0.383 e. The molecule has 92 valence electrons. The summed E-state index contributed by atoms with van der Waals surface area (Å²) in [5.74, 6) is 0.219. The second kappa shape index (κ2) is 4.03. The minimum atomic E-state index is -4.61. The van der Waals surface area contributed by atoms with E-state index in [0.29, 0.717) is 5.52 Å². The maximum Gasteiger partial charge on any atom is 0.414 e. The summed E-state index contributed by atoms with van der Waals surface area (Å²) in [7, 11) is 1.63. The minimum Gasteiger partial charge on any atom is -0.383 e. The second-order valence-electron chi connectivity index (χ2n) is 3.84. The number of aryl methyl sites for hydroxylation is 1. The van der Waals surface area contributed by atoms with Crippen molar-refractivity contribution in [1.29, 1.82) is 0 Å². The Morgan fingerprint density at radius 2 is 2.00 bits per heavy atom. The SMILES string of the molecule is Cn1c(C[C@@H](O)C(F)(F)F)nc2ccccc21. The predicted molar refractivity (Wildman–Crippen MR) is 56.5 cm³/mol. The van der Waals surface area contributed by atoms with Crippen LogP contribution >= 0.6 is 0 Å². The van der Waals surface area contributed by atoms with Crippen LogP contribution in [-0.2, 0) is 13.5 Å². The van der Waals surface area contributed by atoms with Gasteiger partial charge in [0.2, 0.25) is 0 Å². The molecule has 17 heavy (non-hydrogen) atoms. The molecule has 2 aromatic rings. The van der Waals surface area contributed by atoms with Gasteiger partial charge in [0.25, 0.3) is 0 Å². The van der Waals surface area contributed by atoms with E-state index in [0.717, 1.165) is 5.52 Å². The maximum atomic E-state index is 12.2. The molecule has 0 spiro atoms. The van der Waals surface area contributed by atoms with Gasteiger partial charge in [-0.25, -0.2) is 4.98 Å². The van der Waals surface area contributed by atoms with Crippen LogP contribution in [0.25, 0.3) is 11.0 Å². The van der Waals surface area contributed by atoms with Crippen LogP contribution in [-0.4, -0.2) is 26.9 Å². The van der Waals surface area contributed by atoms with Crippen LogP contribution in [0.1, 0.15) is 5.82 Å². The van der Waals surface area contributed by atoms with E-state index in [1.165, 1.54) is 0 Å². The Morgan fingerprint density at radius 3 is 2.59 bits per heavy atom. The molecule has 1 N–H and O–H groups in total. The molecule has 0 fully saturated rings. The third kappa shape index (κ3) is 2.26. The molecule has 0 unspecified atom stereocenters. The Hall–Kier alpha value is -1.56. The first kappa shape index (κ1) is 11.9. The van der Waals surface area contributed by atoms with E-state index < -0.39 is 18.7 Å². The van der Waals surface area contributed by atoms with E-state index in [1.54, 1.807) is 35.9 Å². The van der Waals surface area contributed by atoms with Crippen LogP contribution in [0.2, 0.25) is 0 Å². The van der Waals surface area contributed by atoms with Gasteiger partial charge in [-0.15, -0.1) is 0 Å². The standard InChI is InChI=1S/C11H11F3N2O/c1-16-8-5-3-2-4-7(8)15-10(16)6-9(17)11(12,13)14/h2-5,9,17H,6H2,1H3/t9-/m1/s1. The van der Waals surface area contributed by atoms with Crippen molar-refractivity contribution in [2.75, 3.05) is 0 Å². The fraction of sp³-hybridized carbons (Fsp3) is 0.364. The van der Waals surface area contributed by atoms with Crippen molar-refractivity contribution in [1.82, 2.24) is 9.55 Å². The quantitative estimate of drug-likeness (QED) is 0.877. The van der Waals surface area contributed by atoms with Gasteiger partial charge in [-0.3, -0.25) is 0 Å². The number of halogens is 3. The summed E-state index contributed by atoms with van der Waals surface area (Å²) < 4.78 is 38.3. The first-order chi connectivity index (χ1) is 7.89. The first-order valence-electron chi connectivity index (χ1n) is 5.04. The molecule has 0 aliphatic rings. The van der Waals surface area contributed by atoms with E-state index in [-0.39, 0.29) is 5.82 Å². The Bertz CT molecular complexity index is 533. The highest BCUT2D eigenvalue weighted by atomic mass is 19.4. The average molecular weight is 244 g/mol. The number of nitrogens with zero attached hydrogens (tertiary/aromatic N) is 2. The molecule has 2 rings (SSSR count). The average Bonchev–Trinajstić information content (AvgIpc) is 2.55. The van der Waals surface area contributed by atoms with Crippen molar-refractivity contribution < 1.29 is 18.3 Å². The lowest BCUT2D eigenvalue weighted by atomic mass is 10.2. The molecule has 0 bridgehead atoms. The predicted octanol–water partition coefficient (Wildman–Crippen LogP) is 2.04. The molecule has 0 aliphatic heterocycles. The molecule has 1 heterocycles. The van der Waals surface area contributed by atoms with E-state index in [2.05, 4.69) is 4.98 Å². The number of benzene rings is 1. The normalized spacial score (nSPS) is 14.2. The van der Waals surface area contributed by atoms with Crippen LogP contribution in [0, 0.1) is 0 Å². The zero-order valence-corrected chi connectivity index (χ0v) is 9.07. The molecule has 3 nitrogen and oxygen atoms in total. The Balaban J connectivity index is 2.34. The summed E-state index contributed by atoms with van der Waals surface area (Å²) >= 11 is 0. The monoisotopic (exact) mass is 244 g/mol. The molecular formula is C11H11F3N2O. The van der Waals surface area contributed by atoms with Crippen molar-refractivity contribution in [3.8, 4) is 0 Å². The number of aliphatic hydroxyl groups is 1. The van der Waals surface area contributed by atoms with Crippen LogP contribution in [0.5, 0.6) is 0 Å². The number of aliphatic hydroxyl groups excluding tert-OH is 1. The summed E-state index contributed by atoms with van der Waals surface area (Å²) in [6, 6.07) is 7.04. The molecule has 1 aromatic carbocycles. The van der Waals surface area contributed by atoms with Gasteiger partial charge in [0.15, 0.2) is 6.10 Å². The largest absolute Gasteiger partial charge is 0.414 e. The van der Waals surface area contributed by atoms with Gasteiger partial charge >= 0.3 is 6.18 Å². The van der Waals surface area contributed by atoms with Crippen LogP contribution in [0.3, 0.4) is 0 Å². The van der Waals surface area contributed by atoms with Gasteiger partial charge in [-0.05, 0) is 12.1 Å². The third-order valence-corrected chi connectivity index (χ3v) is 2.63.